The van der Waals surface area contributed by atoms with Crippen molar-refractivity contribution in [3.8, 4) is 6.07 Å². The highest BCUT2D eigenvalue weighted by atomic mass is 32.1. The van der Waals surface area contributed by atoms with Gasteiger partial charge in [0.2, 0.25) is 0 Å². The van der Waals surface area contributed by atoms with E-state index in [1.165, 1.54) is 12.1 Å². The molecule has 0 unspecified atom stereocenters. The third-order valence-electron chi connectivity index (χ3n) is 5.02. The van der Waals surface area contributed by atoms with Crippen LogP contribution in [-0.2, 0) is 27.3 Å². The number of carbonyl (C=O) groups is 2. The Morgan fingerprint density at radius 1 is 1.19 bits per heavy atom. The van der Waals surface area contributed by atoms with E-state index in [0.717, 1.165) is 22.4 Å². The van der Waals surface area contributed by atoms with Crippen molar-refractivity contribution >= 4 is 29.0 Å². The lowest BCUT2D eigenvalue weighted by atomic mass is 10.2. The van der Waals surface area contributed by atoms with E-state index in [1.54, 1.807) is 35.0 Å². The Labute approximate surface area is 183 Å². The van der Waals surface area contributed by atoms with Gasteiger partial charge in [0.25, 0.3) is 5.91 Å². The van der Waals surface area contributed by atoms with Crippen molar-refractivity contribution in [2.75, 3.05) is 11.9 Å². The van der Waals surface area contributed by atoms with Crippen LogP contribution >= 0.6 is 11.3 Å². The molecule has 2 aromatic heterocycles. The van der Waals surface area contributed by atoms with Crippen molar-refractivity contribution in [2.45, 2.75) is 33.2 Å². The number of anilines is 1. The number of hydrogen-bond acceptors (Lipinski definition) is 5. The number of nitrogens with one attached hydrogen (secondary N) is 1. The van der Waals surface area contributed by atoms with Crippen LogP contribution in [-0.4, -0.2) is 23.1 Å². The summed E-state index contributed by atoms with van der Waals surface area (Å²) in [6.07, 6.45) is 0.744. The number of rotatable bonds is 8. The highest BCUT2D eigenvalue weighted by Gasteiger charge is 2.20. The molecule has 3 aromatic rings. The van der Waals surface area contributed by atoms with Gasteiger partial charge in [0.15, 0.2) is 6.61 Å². The fourth-order valence-corrected chi connectivity index (χ4v) is 3.87. The Balaban J connectivity index is 1.67. The van der Waals surface area contributed by atoms with Gasteiger partial charge in [-0.3, -0.25) is 9.59 Å². The molecule has 0 spiro atoms. The first-order chi connectivity index (χ1) is 14.9. The van der Waals surface area contributed by atoms with Crippen LogP contribution in [0.3, 0.4) is 0 Å². The second-order valence-electron chi connectivity index (χ2n) is 7.10. The van der Waals surface area contributed by atoms with Crippen LogP contribution in [0.25, 0.3) is 0 Å². The fraction of sp³-hybridized carbons (Fsp3) is 0.261. The quantitative estimate of drug-likeness (QED) is 0.529. The first-order valence-electron chi connectivity index (χ1n) is 9.69. The summed E-state index contributed by atoms with van der Waals surface area (Å²) in [5.74, 6) is -0.994. The van der Waals surface area contributed by atoms with Gasteiger partial charge in [-0.1, -0.05) is 12.1 Å². The standard InChI is InChI=1S/C23H22FN3O3S/c1-15-16(2)27(12-17-3-6-19(24)7-4-17)23(20(15)11-25)26-21(28)13-30-22(29)8-5-18-9-10-31-14-18/h3-4,6-7,9-10,14H,5,8,12-13H2,1-2H3,(H,26,28). The van der Waals surface area contributed by atoms with E-state index in [9.17, 15) is 19.2 Å². The lowest BCUT2D eigenvalue weighted by molar-refractivity contribution is -0.147. The number of halogens is 1. The summed E-state index contributed by atoms with van der Waals surface area (Å²) in [5.41, 5.74) is 3.77. The van der Waals surface area contributed by atoms with Crippen molar-refractivity contribution in [2.24, 2.45) is 0 Å². The van der Waals surface area contributed by atoms with E-state index in [-0.39, 0.29) is 12.2 Å². The number of amides is 1. The molecule has 160 valence electrons. The first-order valence-corrected chi connectivity index (χ1v) is 10.6. The third kappa shape index (κ3) is 5.58. The van der Waals surface area contributed by atoms with Crippen LogP contribution < -0.4 is 5.32 Å². The average Bonchev–Trinajstić information content (AvgIpc) is 3.35. The first kappa shape index (κ1) is 22.2. The lowest BCUT2D eigenvalue weighted by Gasteiger charge is -2.13. The molecule has 0 fully saturated rings. The van der Waals surface area contributed by atoms with Gasteiger partial charge in [-0.15, -0.1) is 0 Å². The minimum Gasteiger partial charge on any atom is -0.456 e. The molecule has 0 radical (unpaired) electrons. The number of ether oxygens (including phenoxy) is 1. The van der Waals surface area contributed by atoms with E-state index in [1.807, 2.05) is 23.8 Å². The van der Waals surface area contributed by atoms with Gasteiger partial charge in [-0.05, 0) is 65.9 Å². The van der Waals surface area contributed by atoms with Gasteiger partial charge >= 0.3 is 5.97 Å². The highest BCUT2D eigenvalue weighted by Crippen LogP contribution is 2.27. The maximum atomic E-state index is 13.2. The van der Waals surface area contributed by atoms with Crippen LogP contribution in [0.5, 0.6) is 0 Å². The second kappa shape index (κ2) is 10.0. The number of thiophene rings is 1. The van der Waals surface area contributed by atoms with Crippen molar-refractivity contribution < 1.29 is 18.7 Å². The predicted octanol–water partition coefficient (Wildman–Crippen LogP) is 4.34. The smallest absolute Gasteiger partial charge is 0.306 e. The predicted molar refractivity (Wildman–Crippen MR) is 116 cm³/mol. The average molecular weight is 440 g/mol. The minimum absolute atomic E-state index is 0.187. The van der Waals surface area contributed by atoms with Gasteiger partial charge in [-0.25, -0.2) is 4.39 Å². The zero-order chi connectivity index (χ0) is 22.4. The monoisotopic (exact) mass is 439 g/mol. The molecule has 0 atom stereocenters. The van der Waals surface area contributed by atoms with Crippen molar-refractivity contribution in [3.05, 3.63) is 74.9 Å². The number of aromatic nitrogens is 1. The highest BCUT2D eigenvalue weighted by molar-refractivity contribution is 7.07. The molecule has 1 aromatic carbocycles. The summed E-state index contributed by atoms with van der Waals surface area (Å²) in [4.78, 5) is 24.4. The summed E-state index contributed by atoms with van der Waals surface area (Å²) in [6, 6.07) is 10.1. The summed E-state index contributed by atoms with van der Waals surface area (Å²) in [7, 11) is 0. The molecular weight excluding hydrogens is 417 g/mol. The topological polar surface area (TPSA) is 84.1 Å². The summed E-state index contributed by atoms with van der Waals surface area (Å²) in [6.45, 7) is 3.56. The van der Waals surface area contributed by atoms with Crippen LogP contribution in [0, 0.1) is 31.0 Å². The summed E-state index contributed by atoms with van der Waals surface area (Å²) < 4.78 is 20.1. The maximum absolute atomic E-state index is 13.2. The number of benzene rings is 1. The van der Waals surface area contributed by atoms with E-state index < -0.39 is 18.5 Å². The molecular formula is C23H22FN3O3S. The molecule has 0 saturated heterocycles. The molecule has 8 heteroatoms. The molecule has 0 aliphatic heterocycles. The van der Waals surface area contributed by atoms with Gasteiger partial charge in [0.1, 0.15) is 17.7 Å². The Kier molecular flexibility index (Phi) is 7.21. The molecule has 2 heterocycles. The van der Waals surface area contributed by atoms with Crippen molar-refractivity contribution in [3.63, 3.8) is 0 Å². The van der Waals surface area contributed by atoms with E-state index >= 15 is 0 Å². The Morgan fingerprint density at radius 3 is 2.58 bits per heavy atom. The summed E-state index contributed by atoms with van der Waals surface area (Å²) >= 11 is 1.56. The molecule has 0 aliphatic rings. The molecule has 0 bridgehead atoms. The number of nitrogens with zero attached hydrogens (tertiary/aromatic N) is 2. The fourth-order valence-electron chi connectivity index (χ4n) is 3.17. The number of hydrogen-bond donors (Lipinski definition) is 1. The molecule has 0 aliphatic carbocycles. The zero-order valence-electron chi connectivity index (χ0n) is 17.3. The van der Waals surface area contributed by atoms with E-state index in [0.29, 0.717) is 24.3 Å². The number of carbonyl (C=O) groups excluding carboxylic acids is 2. The molecule has 1 N–H and O–H groups in total. The normalized spacial score (nSPS) is 10.5. The van der Waals surface area contributed by atoms with Crippen LogP contribution in [0.4, 0.5) is 10.2 Å². The van der Waals surface area contributed by atoms with Gasteiger partial charge in [0, 0.05) is 18.7 Å². The van der Waals surface area contributed by atoms with Gasteiger partial charge in [-0.2, -0.15) is 16.6 Å². The third-order valence-corrected chi connectivity index (χ3v) is 5.75. The lowest BCUT2D eigenvalue weighted by Crippen LogP contribution is -2.23. The van der Waals surface area contributed by atoms with Gasteiger partial charge in [0.05, 0.1) is 5.56 Å². The zero-order valence-corrected chi connectivity index (χ0v) is 18.1. The molecule has 31 heavy (non-hydrogen) atoms. The number of nitriles is 1. The van der Waals surface area contributed by atoms with E-state index in [2.05, 4.69) is 11.4 Å². The largest absolute Gasteiger partial charge is 0.456 e. The van der Waals surface area contributed by atoms with Gasteiger partial charge < -0.3 is 14.6 Å². The van der Waals surface area contributed by atoms with Crippen LogP contribution in [0.2, 0.25) is 0 Å². The number of aryl methyl sites for hydroxylation is 1. The Bertz CT molecular complexity index is 1110. The molecule has 3 rings (SSSR count). The summed E-state index contributed by atoms with van der Waals surface area (Å²) in [5, 5.41) is 16.2. The van der Waals surface area contributed by atoms with Crippen molar-refractivity contribution in [1.82, 2.24) is 4.57 Å². The van der Waals surface area contributed by atoms with Crippen LogP contribution in [0.15, 0.2) is 41.1 Å². The Morgan fingerprint density at radius 2 is 1.94 bits per heavy atom. The Hall–Kier alpha value is -3.44. The van der Waals surface area contributed by atoms with E-state index in [4.69, 9.17) is 4.74 Å². The maximum Gasteiger partial charge on any atom is 0.306 e. The SMILES string of the molecule is Cc1c(C#N)c(NC(=O)COC(=O)CCc2ccsc2)n(Cc2ccc(F)cc2)c1C. The second-order valence-corrected chi connectivity index (χ2v) is 7.88. The number of esters is 1. The van der Waals surface area contributed by atoms with Crippen molar-refractivity contribution in [1.29, 1.82) is 5.26 Å². The minimum atomic E-state index is -0.529. The molecule has 1 amide bonds. The molecule has 6 nitrogen and oxygen atoms in total. The van der Waals surface area contributed by atoms with Crippen LogP contribution in [0.1, 0.15) is 34.4 Å². The molecule has 0 saturated carbocycles.